The van der Waals surface area contributed by atoms with Crippen LogP contribution in [0.2, 0.25) is 0 Å². The summed E-state index contributed by atoms with van der Waals surface area (Å²) in [6.45, 7) is 1.95. The number of hydrogen-bond donors (Lipinski definition) is 1. The van der Waals surface area contributed by atoms with Gasteiger partial charge in [0, 0.05) is 31.2 Å². The number of aromatic nitrogens is 1. The van der Waals surface area contributed by atoms with Gasteiger partial charge in [-0.25, -0.2) is 4.98 Å². The number of fused-ring (bicyclic) bond motifs is 1. The van der Waals surface area contributed by atoms with Crippen LogP contribution in [0.1, 0.15) is 24.3 Å². The summed E-state index contributed by atoms with van der Waals surface area (Å²) in [6, 6.07) is 0.449. The highest BCUT2D eigenvalue weighted by atomic mass is 32.1. The molecule has 0 spiro atoms. The van der Waals surface area contributed by atoms with E-state index < -0.39 is 0 Å². The van der Waals surface area contributed by atoms with E-state index in [1.165, 1.54) is 0 Å². The van der Waals surface area contributed by atoms with E-state index in [-0.39, 0.29) is 18.1 Å². The molecule has 104 valence electrons. The molecule has 2 aliphatic heterocycles. The van der Waals surface area contributed by atoms with Crippen LogP contribution in [0.4, 0.5) is 0 Å². The molecule has 3 heterocycles. The summed E-state index contributed by atoms with van der Waals surface area (Å²) in [5, 5.41) is 5.85. The molecule has 19 heavy (non-hydrogen) atoms. The Kier molecular flexibility index (Phi) is 3.81. The molecule has 1 aromatic rings. The topological polar surface area (TPSA) is 54.5 Å². The van der Waals surface area contributed by atoms with Gasteiger partial charge in [-0.15, -0.1) is 11.3 Å². The van der Waals surface area contributed by atoms with E-state index in [2.05, 4.69) is 15.2 Å². The van der Waals surface area contributed by atoms with E-state index in [1.54, 1.807) is 18.4 Å². The minimum Gasteiger partial charge on any atom is -0.363 e. The molecule has 2 saturated heterocycles. The van der Waals surface area contributed by atoms with Gasteiger partial charge in [0.2, 0.25) is 5.91 Å². The number of rotatable bonds is 3. The molecule has 6 heteroatoms. The number of likely N-dealkylation sites (tertiary alicyclic amines) is 1. The minimum atomic E-state index is -0.258. The molecule has 5 nitrogen and oxygen atoms in total. The second-order valence-corrected chi connectivity index (χ2v) is 6.09. The Morgan fingerprint density at radius 2 is 2.47 bits per heavy atom. The van der Waals surface area contributed by atoms with Crippen molar-refractivity contribution in [3.05, 3.63) is 16.6 Å². The number of nitrogens with zero attached hydrogens (tertiary/aromatic N) is 2. The fourth-order valence-electron chi connectivity index (χ4n) is 3.07. The SMILES string of the molecule is CNC(=O)[C@H]1CC[C@@H]2[C@@H](CCN2Cc2nccs2)O1. The van der Waals surface area contributed by atoms with Crippen LogP contribution in [-0.4, -0.2) is 47.6 Å². The van der Waals surface area contributed by atoms with Gasteiger partial charge in [0.1, 0.15) is 11.1 Å². The van der Waals surface area contributed by atoms with Gasteiger partial charge >= 0.3 is 0 Å². The van der Waals surface area contributed by atoms with Crippen LogP contribution in [0.25, 0.3) is 0 Å². The van der Waals surface area contributed by atoms with Crippen LogP contribution >= 0.6 is 11.3 Å². The lowest BCUT2D eigenvalue weighted by molar-refractivity contribution is -0.143. The number of amides is 1. The van der Waals surface area contributed by atoms with Gasteiger partial charge in [-0.1, -0.05) is 0 Å². The summed E-state index contributed by atoms with van der Waals surface area (Å²) >= 11 is 1.70. The zero-order chi connectivity index (χ0) is 13.2. The molecule has 1 amide bonds. The number of carbonyl (C=O) groups is 1. The Labute approximate surface area is 117 Å². The van der Waals surface area contributed by atoms with Crippen molar-refractivity contribution >= 4 is 17.2 Å². The highest BCUT2D eigenvalue weighted by Crippen LogP contribution is 2.32. The maximum Gasteiger partial charge on any atom is 0.248 e. The first kappa shape index (κ1) is 13.0. The van der Waals surface area contributed by atoms with Crippen molar-refractivity contribution in [3.8, 4) is 0 Å². The number of carbonyl (C=O) groups excluding carboxylic acids is 1. The second-order valence-electron chi connectivity index (χ2n) is 5.11. The molecule has 1 aromatic heterocycles. The van der Waals surface area contributed by atoms with Gasteiger partial charge < -0.3 is 10.1 Å². The van der Waals surface area contributed by atoms with Crippen molar-refractivity contribution in [1.82, 2.24) is 15.2 Å². The molecular weight excluding hydrogens is 262 g/mol. The van der Waals surface area contributed by atoms with Crippen LogP contribution < -0.4 is 5.32 Å². The molecule has 0 unspecified atom stereocenters. The standard InChI is InChI=1S/C13H19N3O2S/c1-14-13(17)11-3-2-9-10(18-11)4-6-16(9)8-12-15-5-7-19-12/h5,7,9-11H,2-4,6,8H2,1H3,(H,14,17)/t9-,10-,11-/m1/s1. The van der Waals surface area contributed by atoms with Gasteiger partial charge in [0.25, 0.3) is 0 Å². The highest BCUT2D eigenvalue weighted by molar-refractivity contribution is 7.09. The Morgan fingerprint density at radius 1 is 1.58 bits per heavy atom. The molecule has 0 aliphatic carbocycles. The minimum absolute atomic E-state index is 0.0109. The molecular formula is C13H19N3O2S. The van der Waals surface area contributed by atoms with Crippen molar-refractivity contribution in [2.24, 2.45) is 0 Å². The fourth-order valence-corrected chi connectivity index (χ4v) is 3.71. The molecule has 2 aliphatic rings. The first-order valence-corrected chi connectivity index (χ1v) is 7.65. The maximum absolute atomic E-state index is 11.6. The number of hydrogen-bond acceptors (Lipinski definition) is 5. The molecule has 2 fully saturated rings. The zero-order valence-electron chi connectivity index (χ0n) is 11.0. The summed E-state index contributed by atoms with van der Waals surface area (Å²) in [7, 11) is 1.67. The lowest BCUT2D eigenvalue weighted by Gasteiger charge is -2.35. The lowest BCUT2D eigenvalue weighted by atomic mass is 9.98. The summed E-state index contributed by atoms with van der Waals surface area (Å²) in [4.78, 5) is 18.4. The quantitative estimate of drug-likeness (QED) is 0.898. The van der Waals surface area contributed by atoms with Gasteiger partial charge in [-0.2, -0.15) is 0 Å². The molecule has 0 radical (unpaired) electrons. The molecule has 3 atom stereocenters. The molecule has 0 bridgehead atoms. The normalized spacial score (nSPS) is 31.1. The Balaban J connectivity index is 1.60. The zero-order valence-corrected chi connectivity index (χ0v) is 11.9. The number of ether oxygens (including phenoxy) is 1. The average Bonchev–Trinajstić information content (AvgIpc) is 3.08. The third-order valence-electron chi connectivity index (χ3n) is 4.02. The third kappa shape index (κ3) is 2.66. The molecule has 3 rings (SSSR count). The van der Waals surface area contributed by atoms with E-state index in [4.69, 9.17) is 4.74 Å². The van der Waals surface area contributed by atoms with E-state index in [0.29, 0.717) is 6.04 Å². The van der Waals surface area contributed by atoms with Crippen LogP contribution in [-0.2, 0) is 16.1 Å². The first-order chi connectivity index (χ1) is 9.28. The van der Waals surface area contributed by atoms with Gasteiger partial charge in [-0.05, 0) is 19.3 Å². The summed E-state index contributed by atoms with van der Waals surface area (Å²) in [5.41, 5.74) is 0. The number of likely N-dealkylation sites (N-methyl/N-ethyl adjacent to an activating group) is 1. The molecule has 0 aromatic carbocycles. The van der Waals surface area contributed by atoms with Crippen molar-refractivity contribution in [3.63, 3.8) is 0 Å². The molecule has 1 N–H and O–H groups in total. The summed E-state index contributed by atoms with van der Waals surface area (Å²) < 4.78 is 5.94. The summed E-state index contributed by atoms with van der Waals surface area (Å²) in [6.07, 6.45) is 4.67. The third-order valence-corrected chi connectivity index (χ3v) is 4.79. The van der Waals surface area contributed by atoms with Gasteiger partial charge in [0.05, 0.1) is 12.6 Å². The first-order valence-electron chi connectivity index (χ1n) is 6.77. The monoisotopic (exact) mass is 281 g/mol. The highest BCUT2D eigenvalue weighted by Gasteiger charge is 2.41. The Hall–Kier alpha value is -0.980. The Bertz CT molecular complexity index is 437. The van der Waals surface area contributed by atoms with Crippen molar-refractivity contribution in [1.29, 1.82) is 0 Å². The predicted molar refractivity (Wildman–Crippen MR) is 72.9 cm³/mol. The van der Waals surface area contributed by atoms with Crippen LogP contribution in [0.3, 0.4) is 0 Å². The van der Waals surface area contributed by atoms with E-state index in [9.17, 15) is 4.79 Å². The fraction of sp³-hybridized carbons (Fsp3) is 0.692. The maximum atomic E-state index is 11.6. The van der Waals surface area contributed by atoms with Crippen molar-refractivity contribution in [2.75, 3.05) is 13.6 Å². The largest absolute Gasteiger partial charge is 0.363 e. The van der Waals surface area contributed by atoms with E-state index in [1.807, 2.05) is 11.6 Å². The second kappa shape index (κ2) is 5.56. The average molecular weight is 281 g/mol. The van der Waals surface area contributed by atoms with E-state index >= 15 is 0 Å². The van der Waals surface area contributed by atoms with Gasteiger partial charge in [-0.3, -0.25) is 9.69 Å². The lowest BCUT2D eigenvalue weighted by Crippen LogP contribution is -2.47. The predicted octanol–water partition coefficient (Wildman–Crippen LogP) is 1.01. The summed E-state index contributed by atoms with van der Waals surface area (Å²) in [5.74, 6) is 0.0109. The van der Waals surface area contributed by atoms with Crippen LogP contribution in [0, 0.1) is 0 Å². The van der Waals surface area contributed by atoms with Crippen molar-refractivity contribution in [2.45, 2.75) is 44.1 Å². The number of thiazole rings is 1. The van der Waals surface area contributed by atoms with E-state index in [0.717, 1.165) is 37.4 Å². The smallest absolute Gasteiger partial charge is 0.248 e. The Morgan fingerprint density at radius 3 is 3.21 bits per heavy atom. The molecule has 0 saturated carbocycles. The van der Waals surface area contributed by atoms with Crippen LogP contribution in [0.15, 0.2) is 11.6 Å². The van der Waals surface area contributed by atoms with Gasteiger partial charge in [0.15, 0.2) is 0 Å². The number of nitrogens with one attached hydrogen (secondary N) is 1. The van der Waals surface area contributed by atoms with Crippen LogP contribution in [0.5, 0.6) is 0 Å². The van der Waals surface area contributed by atoms with Crippen molar-refractivity contribution < 1.29 is 9.53 Å².